The number of primary amides is 1. The molecule has 0 aliphatic heterocycles. The van der Waals surface area contributed by atoms with E-state index in [1.165, 1.54) is 11.8 Å². The van der Waals surface area contributed by atoms with Gasteiger partial charge in [0.05, 0.1) is 5.75 Å². The van der Waals surface area contributed by atoms with E-state index in [4.69, 9.17) is 5.73 Å². The van der Waals surface area contributed by atoms with Crippen LogP contribution in [0.5, 0.6) is 0 Å². The number of rotatable bonds is 6. The van der Waals surface area contributed by atoms with E-state index in [1.54, 1.807) is 12.1 Å². The molecular formula is C11H13NO2S. The second-order valence-corrected chi connectivity index (χ2v) is 4.16. The van der Waals surface area contributed by atoms with Crippen molar-refractivity contribution in [1.29, 1.82) is 0 Å². The minimum atomic E-state index is -0.324. The maximum absolute atomic E-state index is 11.6. The number of benzene rings is 1. The minimum absolute atomic E-state index is 0.0880. The smallest absolute Gasteiger partial charge is 0.218 e. The first-order chi connectivity index (χ1) is 7.20. The summed E-state index contributed by atoms with van der Waals surface area (Å²) in [5.41, 5.74) is 5.70. The summed E-state index contributed by atoms with van der Waals surface area (Å²) in [6, 6.07) is 9.12. The van der Waals surface area contributed by atoms with Crippen LogP contribution < -0.4 is 5.73 Å². The Hall–Kier alpha value is -1.29. The van der Waals surface area contributed by atoms with Gasteiger partial charge in [0.15, 0.2) is 5.78 Å². The standard InChI is InChI=1S/C11H13NO2S/c12-11(14)6-7-15-8-10(13)9-4-2-1-3-5-9/h1-5H,6-8H2,(H2,12,14). The second-order valence-electron chi connectivity index (χ2n) is 3.06. The van der Waals surface area contributed by atoms with Gasteiger partial charge in [0.1, 0.15) is 0 Å². The van der Waals surface area contributed by atoms with E-state index in [1.807, 2.05) is 18.2 Å². The lowest BCUT2D eigenvalue weighted by Gasteiger charge is -1.99. The number of nitrogens with two attached hydrogens (primary N) is 1. The number of amides is 1. The van der Waals surface area contributed by atoms with Gasteiger partial charge in [-0.2, -0.15) is 11.8 Å². The van der Waals surface area contributed by atoms with Crippen LogP contribution in [0.3, 0.4) is 0 Å². The van der Waals surface area contributed by atoms with Crippen molar-refractivity contribution in [1.82, 2.24) is 0 Å². The fraction of sp³-hybridized carbons (Fsp3) is 0.273. The average molecular weight is 223 g/mol. The lowest BCUT2D eigenvalue weighted by atomic mass is 10.2. The molecule has 0 spiro atoms. The van der Waals surface area contributed by atoms with Crippen molar-refractivity contribution in [2.24, 2.45) is 5.73 Å². The Kier molecular flexibility index (Phi) is 4.90. The van der Waals surface area contributed by atoms with Crippen molar-refractivity contribution in [2.45, 2.75) is 6.42 Å². The molecule has 0 aromatic heterocycles. The molecule has 1 amide bonds. The fourth-order valence-electron chi connectivity index (χ4n) is 1.05. The van der Waals surface area contributed by atoms with Gasteiger partial charge >= 0.3 is 0 Å². The third-order valence-electron chi connectivity index (χ3n) is 1.82. The Labute approximate surface area is 93.0 Å². The van der Waals surface area contributed by atoms with E-state index in [2.05, 4.69) is 0 Å². The van der Waals surface area contributed by atoms with Gasteiger partial charge in [0.2, 0.25) is 5.91 Å². The number of hydrogen-bond acceptors (Lipinski definition) is 3. The van der Waals surface area contributed by atoms with Crippen LogP contribution in [0.1, 0.15) is 16.8 Å². The summed E-state index contributed by atoms with van der Waals surface area (Å²) in [6.45, 7) is 0. The van der Waals surface area contributed by atoms with Crippen LogP contribution in [0.2, 0.25) is 0 Å². The van der Waals surface area contributed by atoms with E-state index >= 15 is 0 Å². The molecule has 15 heavy (non-hydrogen) atoms. The van der Waals surface area contributed by atoms with Crippen molar-refractivity contribution in [3.8, 4) is 0 Å². The Morgan fingerprint density at radius 2 is 1.87 bits per heavy atom. The molecule has 2 N–H and O–H groups in total. The van der Waals surface area contributed by atoms with Crippen molar-refractivity contribution >= 4 is 23.5 Å². The predicted molar refractivity (Wildman–Crippen MR) is 61.9 cm³/mol. The lowest BCUT2D eigenvalue weighted by molar-refractivity contribution is -0.117. The molecule has 0 fully saturated rings. The zero-order chi connectivity index (χ0) is 11.1. The zero-order valence-electron chi connectivity index (χ0n) is 8.31. The van der Waals surface area contributed by atoms with E-state index in [9.17, 15) is 9.59 Å². The maximum Gasteiger partial charge on any atom is 0.218 e. The van der Waals surface area contributed by atoms with Crippen LogP contribution >= 0.6 is 11.8 Å². The molecule has 0 bridgehead atoms. The summed E-state index contributed by atoms with van der Waals surface area (Å²) < 4.78 is 0. The molecule has 0 radical (unpaired) electrons. The van der Waals surface area contributed by atoms with Crippen LogP contribution in [0, 0.1) is 0 Å². The molecule has 0 unspecified atom stereocenters. The Bertz CT molecular complexity index is 338. The Balaban J connectivity index is 2.28. The molecule has 0 aliphatic rings. The second kappa shape index (κ2) is 6.24. The van der Waals surface area contributed by atoms with Gasteiger partial charge in [0, 0.05) is 17.7 Å². The number of Topliss-reactive ketones (excluding diaryl/α,β-unsaturated/α-hetero) is 1. The monoisotopic (exact) mass is 223 g/mol. The largest absolute Gasteiger partial charge is 0.370 e. The first kappa shape index (κ1) is 11.8. The highest BCUT2D eigenvalue weighted by Crippen LogP contribution is 2.07. The molecular weight excluding hydrogens is 210 g/mol. The first-order valence-corrected chi connectivity index (χ1v) is 5.80. The van der Waals surface area contributed by atoms with E-state index in [0.29, 0.717) is 23.5 Å². The number of carbonyl (C=O) groups is 2. The van der Waals surface area contributed by atoms with Crippen LogP contribution in [-0.4, -0.2) is 23.2 Å². The molecule has 0 saturated carbocycles. The summed E-state index contributed by atoms with van der Waals surface area (Å²) in [5.74, 6) is 0.769. The number of carbonyl (C=O) groups excluding carboxylic acids is 2. The van der Waals surface area contributed by atoms with Gasteiger partial charge in [-0.25, -0.2) is 0 Å². The zero-order valence-corrected chi connectivity index (χ0v) is 9.13. The summed E-state index contributed by atoms with van der Waals surface area (Å²) in [5, 5.41) is 0. The predicted octanol–water partition coefficient (Wildman–Crippen LogP) is 1.48. The molecule has 3 nitrogen and oxygen atoms in total. The topological polar surface area (TPSA) is 60.2 Å². The van der Waals surface area contributed by atoms with E-state index < -0.39 is 0 Å². The number of hydrogen-bond donors (Lipinski definition) is 1. The quantitative estimate of drug-likeness (QED) is 0.587. The molecule has 1 aromatic rings. The molecule has 0 atom stereocenters. The van der Waals surface area contributed by atoms with Crippen molar-refractivity contribution in [2.75, 3.05) is 11.5 Å². The number of thioether (sulfide) groups is 1. The SMILES string of the molecule is NC(=O)CCSCC(=O)c1ccccc1. The van der Waals surface area contributed by atoms with Gasteiger partial charge in [-0.15, -0.1) is 0 Å². The molecule has 0 heterocycles. The fourth-order valence-corrected chi connectivity index (χ4v) is 1.89. The highest BCUT2D eigenvalue weighted by Gasteiger charge is 2.04. The van der Waals surface area contributed by atoms with E-state index in [0.717, 1.165) is 0 Å². The Morgan fingerprint density at radius 3 is 2.47 bits per heavy atom. The minimum Gasteiger partial charge on any atom is -0.370 e. The summed E-state index contributed by atoms with van der Waals surface area (Å²) in [4.78, 5) is 22.0. The summed E-state index contributed by atoms with van der Waals surface area (Å²) in [6.07, 6.45) is 0.326. The maximum atomic E-state index is 11.6. The highest BCUT2D eigenvalue weighted by molar-refractivity contribution is 8.00. The van der Waals surface area contributed by atoms with Gasteiger partial charge in [-0.3, -0.25) is 9.59 Å². The normalized spacial score (nSPS) is 9.87. The third kappa shape index (κ3) is 4.65. The van der Waals surface area contributed by atoms with Crippen molar-refractivity contribution < 1.29 is 9.59 Å². The van der Waals surface area contributed by atoms with Gasteiger partial charge in [0.25, 0.3) is 0 Å². The van der Waals surface area contributed by atoms with Crippen molar-refractivity contribution in [3.05, 3.63) is 35.9 Å². The molecule has 4 heteroatoms. The van der Waals surface area contributed by atoms with Gasteiger partial charge < -0.3 is 5.73 Å². The molecule has 1 rings (SSSR count). The number of ketones is 1. The summed E-state index contributed by atoms with van der Waals surface area (Å²) in [7, 11) is 0. The average Bonchev–Trinajstić information content (AvgIpc) is 2.25. The first-order valence-electron chi connectivity index (χ1n) is 4.64. The Morgan fingerprint density at radius 1 is 1.20 bits per heavy atom. The summed E-state index contributed by atoms with van der Waals surface area (Å²) >= 11 is 1.43. The van der Waals surface area contributed by atoms with Gasteiger partial charge in [-0.05, 0) is 0 Å². The molecule has 1 aromatic carbocycles. The van der Waals surface area contributed by atoms with E-state index in [-0.39, 0.29) is 11.7 Å². The highest BCUT2D eigenvalue weighted by atomic mass is 32.2. The lowest BCUT2D eigenvalue weighted by Crippen LogP contribution is -2.12. The van der Waals surface area contributed by atoms with Crippen LogP contribution in [-0.2, 0) is 4.79 Å². The molecule has 80 valence electrons. The molecule has 0 aliphatic carbocycles. The van der Waals surface area contributed by atoms with Crippen LogP contribution in [0.25, 0.3) is 0 Å². The third-order valence-corrected chi connectivity index (χ3v) is 2.78. The molecule has 0 saturated heterocycles. The van der Waals surface area contributed by atoms with Crippen LogP contribution in [0.4, 0.5) is 0 Å². The van der Waals surface area contributed by atoms with Crippen LogP contribution in [0.15, 0.2) is 30.3 Å². The van der Waals surface area contributed by atoms with Gasteiger partial charge in [-0.1, -0.05) is 30.3 Å². The van der Waals surface area contributed by atoms with Crippen molar-refractivity contribution in [3.63, 3.8) is 0 Å².